The maximum atomic E-state index is 11.4. The van der Waals surface area contributed by atoms with Gasteiger partial charge < -0.3 is 5.32 Å². The predicted molar refractivity (Wildman–Crippen MR) is 61.1 cm³/mol. The zero-order valence-electron chi connectivity index (χ0n) is 8.06. The number of nitrogens with one attached hydrogen (secondary N) is 1. The first kappa shape index (κ1) is 11.2. The fraction of sp³-hybridized carbons (Fsp3) is 0.0909. The first-order valence-corrected chi connectivity index (χ1v) is 5.20. The summed E-state index contributed by atoms with van der Waals surface area (Å²) in [7, 11) is 0. The molecule has 0 aromatic carbocycles. The molecule has 76 valence electrons. The van der Waals surface area contributed by atoms with E-state index in [4.69, 9.17) is 5.26 Å². The smallest absolute Gasteiger partial charge is 0.262 e. The van der Waals surface area contributed by atoms with Gasteiger partial charge in [-0.2, -0.15) is 5.26 Å². The van der Waals surface area contributed by atoms with Crippen molar-refractivity contribution in [1.82, 2.24) is 5.32 Å². The molecule has 0 spiro atoms. The Labute approximate surface area is 92.4 Å². The molecule has 0 atom stereocenters. The molecule has 1 amide bonds. The van der Waals surface area contributed by atoms with Crippen LogP contribution in [0.4, 0.5) is 0 Å². The molecule has 0 saturated heterocycles. The summed E-state index contributed by atoms with van der Waals surface area (Å²) in [6.45, 7) is 3.84. The highest BCUT2D eigenvalue weighted by Crippen LogP contribution is 2.12. The summed E-state index contributed by atoms with van der Waals surface area (Å²) in [6, 6.07) is 5.59. The van der Waals surface area contributed by atoms with Crippen LogP contribution in [-0.4, -0.2) is 12.5 Å². The number of nitrogens with zero attached hydrogens (tertiary/aromatic N) is 1. The number of carbonyl (C=O) groups excluding carboxylic acids is 1. The van der Waals surface area contributed by atoms with Crippen molar-refractivity contribution in [3.05, 3.63) is 40.6 Å². The first-order valence-electron chi connectivity index (χ1n) is 4.32. The van der Waals surface area contributed by atoms with Crippen molar-refractivity contribution >= 4 is 23.3 Å². The third-order valence-corrected chi connectivity index (χ3v) is 2.42. The number of hydrogen-bond donors (Lipinski definition) is 1. The zero-order chi connectivity index (χ0) is 11.1. The van der Waals surface area contributed by atoms with Gasteiger partial charge >= 0.3 is 0 Å². The summed E-state index contributed by atoms with van der Waals surface area (Å²) in [4.78, 5) is 12.3. The van der Waals surface area contributed by atoms with Crippen LogP contribution < -0.4 is 5.32 Å². The monoisotopic (exact) mass is 218 g/mol. The van der Waals surface area contributed by atoms with Crippen LogP contribution in [0.5, 0.6) is 0 Å². The minimum Gasteiger partial charge on any atom is -0.348 e. The molecule has 0 aliphatic carbocycles. The van der Waals surface area contributed by atoms with Gasteiger partial charge in [-0.1, -0.05) is 12.1 Å². The Morgan fingerprint density at radius 3 is 3.07 bits per heavy atom. The van der Waals surface area contributed by atoms with E-state index in [1.165, 1.54) is 11.3 Å². The van der Waals surface area contributed by atoms with E-state index in [0.717, 1.165) is 4.88 Å². The lowest BCUT2D eigenvalue weighted by Crippen LogP contribution is -2.24. The van der Waals surface area contributed by atoms with Gasteiger partial charge in [-0.15, -0.1) is 17.9 Å². The fourth-order valence-electron chi connectivity index (χ4n) is 0.924. The van der Waals surface area contributed by atoms with Gasteiger partial charge in [0.05, 0.1) is 0 Å². The van der Waals surface area contributed by atoms with Crippen LogP contribution in [0.2, 0.25) is 0 Å². The molecule has 0 radical (unpaired) electrons. The van der Waals surface area contributed by atoms with Crippen LogP contribution >= 0.6 is 11.3 Å². The third kappa shape index (κ3) is 3.41. The molecular weight excluding hydrogens is 208 g/mol. The number of amides is 1. The Morgan fingerprint density at radius 2 is 2.53 bits per heavy atom. The third-order valence-electron chi connectivity index (χ3n) is 1.60. The summed E-state index contributed by atoms with van der Waals surface area (Å²) >= 11 is 1.48. The van der Waals surface area contributed by atoms with Crippen molar-refractivity contribution in [3.8, 4) is 6.07 Å². The fourth-order valence-corrected chi connectivity index (χ4v) is 1.58. The van der Waals surface area contributed by atoms with Gasteiger partial charge in [-0.3, -0.25) is 4.79 Å². The average Bonchev–Trinajstić information content (AvgIpc) is 2.75. The van der Waals surface area contributed by atoms with E-state index < -0.39 is 0 Å². The van der Waals surface area contributed by atoms with E-state index in [1.54, 1.807) is 12.2 Å². The first-order chi connectivity index (χ1) is 7.27. The zero-order valence-corrected chi connectivity index (χ0v) is 8.88. The van der Waals surface area contributed by atoms with Gasteiger partial charge in [-0.05, 0) is 17.5 Å². The molecule has 1 heterocycles. The molecule has 0 unspecified atom stereocenters. The number of hydrogen-bond acceptors (Lipinski definition) is 3. The minimum atomic E-state index is -0.370. The van der Waals surface area contributed by atoms with Gasteiger partial charge in [-0.25, -0.2) is 0 Å². The summed E-state index contributed by atoms with van der Waals surface area (Å²) in [5.74, 6) is -0.370. The molecule has 0 bridgehead atoms. The Morgan fingerprint density at radius 1 is 1.73 bits per heavy atom. The van der Waals surface area contributed by atoms with Gasteiger partial charge in [0.2, 0.25) is 0 Å². The molecule has 1 N–H and O–H groups in total. The van der Waals surface area contributed by atoms with Crippen LogP contribution in [0.1, 0.15) is 4.88 Å². The Balaban J connectivity index is 2.76. The van der Waals surface area contributed by atoms with E-state index in [2.05, 4.69) is 11.9 Å². The van der Waals surface area contributed by atoms with E-state index in [0.29, 0.717) is 6.54 Å². The van der Waals surface area contributed by atoms with Crippen molar-refractivity contribution in [1.29, 1.82) is 5.26 Å². The van der Waals surface area contributed by atoms with Gasteiger partial charge in [0, 0.05) is 11.4 Å². The summed E-state index contributed by atoms with van der Waals surface area (Å²) < 4.78 is 0. The van der Waals surface area contributed by atoms with Crippen LogP contribution in [0.25, 0.3) is 6.08 Å². The van der Waals surface area contributed by atoms with Crippen molar-refractivity contribution in [2.75, 3.05) is 6.54 Å². The summed E-state index contributed by atoms with van der Waals surface area (Å²) in [6.07, 6.45) is 3.14. The second kappa shape index (κ2) is 5.78. The highest BCUT2D eigenvalue weighted by Gasteiger charge is 2.07. The van der Waals surface area contributed by atoms with Crippen molar-refractivity contribution in [2.45, 2.75) is 0 Å². The number of carbonyl (C=O) groups is 1. The van der Waals surface area contributed by atoms with Gasteiger partial charge in [0.25, 0.3) is 5.91 Å². The van der Waals surface area contributed by atoms with E-state index >= 15 is 0 Å². The number of thiophene rings is 1. The highest BCUT2D eigenvalue weighted by atomic mass is 32.1. The average molecular weight is 218 g/mol. The maximum Gasteiger partial charge on any atom is 0.262 e. The topological polar surface area (TPSA) is 52.9 Å². The number of nitriles is 1. The molecule has 0 aliphatic heterocycles. The molecule has 1 aromatic rings. The molecular formula is C11H10N2OS. The second-order valence-electron chi connectivity index (χ2n) is 2.68. The van der Waals surface area contributed by atoms with Crippen molar-refractivity contribution < 1.29 is 4.79 Å². The van der Waals surface area contributed by atoms with E-state index in [-0.39, 0.29) is 11.5 Å². The molecule has 1 rings (SSSR count). The molecule has 3 nitrogen and oxygen atoms in total. The maximum absolute atomic E-state index is 11.4. The van der Waals surface area contributed by atoms with Crippen LogP contribution in [0.3, 0.4) is 0 Å². The van der Waals surface area contributed by atoms with Crippen LogP contribution in [0.15, 0.2) is 35.7 Å². The lowest BCUT2D eigenvalue weighted by Gasteiger charge is -1.98. The lowest BCUT2D eigenvalue weighted by atomic mass is 10.2. The lowest BCUT2D eigenvalue weighted by molar-refractivity contribution is -0.116. The molecule has 1 aromatic heterocycles. The van der Waals surface area contributed by atoms with Crippen molar-refractivity contribution in [3.63, 3.8) is 0 Å². The SMILES string of the molecule is C=CCNC(=O)/C(C#N)=C\c1cccs1. The number of rotatable bonds is 4. The summed E-state index contributed by atoms with van der Waals surface area (Å²) in [5, 5.41) is 13.2. The van der Waals surface area contributed by atoms with Gasteiger partial charge in [0.15, 0.2) is 0 Å². The molecule has 0 fully saturated rings. The molecule has 15 heavy (non-hydrogen) atoms. The molecule has 0 aliphatic rings. The standard InChI is InChI=1S/C11H10N2OS/c1-2-5-13-11(14)9(8-12)7-10-4-3-6-15-10/h2-4,6-7H,1,5H2,(H,13,14)/b9-7-. The van der Waals surface area contributed by atoms with E-state index in [9.17, 15) is 4.79 Å². The summed E-state index contributed by atoms with van der Waals surface area (Å²) in [5.41, 5.74) is 0.110. The second-order valence-corrected chi connectivity index (χ2v) is 3.66. The van der Waals surface area contributed by atoms with Crippen LogP contribution in [-0.2, 0) is 4.79 Å². The Kier molecular flexibility index (Phi) is 4.32. The van der Waals surface area contributed by atoms with Crippen molar-refractivity contribution in [2.24, 2.45) is 0 Å². The van der Waals surface area contributed by atoms with Gasteiger partial charge in [0.1, 0.15) is 11.6 Å². The predicted octanol–water partition coefficient (Wildman–Crippen LogP) is 1.96. The van der Waals surface area contributed by atoms with E-state index in [1.807, 2.05) is 23.6 Å². The quantitative estimate of drug-likeness (QED) is 0.477. The molecule has 0 saturated carbocycles. The normalized spacial score (nSPS) is 10.5. The minimum absolute atomic E-state index is 0.110. The highest BCUT2D eigenvalue weighted by molar-refractivity contribution is 7.10. The Hall–Kier alpha value is -1.86. The molecule has 4 heteroatoms. The largest absolute Gasteiger partial charge is 0.348 e. The Bertz CT molecular complexity index is 412. The van der Waals surface area contributed by atoms with Crippen LogP contribution in [0, 0.1) is 11.3 Å².